The summed E-state index contributed by atoms with van der Waals surface area (Å²) in [6, 6.07) is 10.8. The van der Waals surface area contributed by atoms with Gasteiger partial charge < -0.3 is 4.48 Å². The van der Waals surface area contributed by atoms with Crippen molar-refractivity contribution in [3.05, 3.63) is 49.1 Å². The third-order valence-electron chi connectivity index (χ3n) is 3.37. The molecule has 1 aromatic rings. The van der Waals surface area contributed by atoms with Crippen LogP contribution in [0.25, 0.3) is 0 Å². The Bertz CT molecular complexity index is 254. The first-order valence-corrected chi connectivity index (χ1v) is 6.15. The number of hydrogen-bond acceptors (Lipinski definition) is 0. The molecule has 0 aliphatic rings. The van der Waals surface area contributed by atoms with E-state index in [4.69, 9.17) is 0 Å². The van der Waals surface area contributed by atoms with Crippen molar-refractivity contribution in [3.8, 4) is 0 Å². The molecule has 0 heterocycles. The Hall–Kier alpha value is -1.08. The normalized spacial score (nSPS) is 10.4. The van der Waals surface area contributed by atoms with Gasteiger partial charge in [-0.3, -0.25) is 0 Å². The van der Waals surface area contributed by atoms with Gasteiger partial charge in [0.1, 0.15) is 6.54 Å². The molecule has 0 spiro atoms. The molecule has 1 rings (SSSR count). The quantitative estimate of drug-likeness (QED) is 0.522. The largest absolute Gasteiger partial charge is 0.321 e. The van der Waals surface area contributed by atoms with Crippen LogP contribution in [0.4, 0.5) is 0 Å². The van der Waals surface area contributed by atoms with Gasteiger partial charge in [0.05, 0.1) is 19.6 Å². The maximum Gasteiger partial charge on any atom is 0.104 e. The highest BCUT2D eigenvalue weighted by atomic mass is 15.3. The van der Waals surface area contributed by atoms with Gasteiger partial charge in [0.2, 0.25) is 0 Å². The summed E-state index contributed by atoms with van der Waals surface area (Å²) >= 11 is 0. The summed E-state index contributed by atoms with van der Waals surface area (Å²) < 4.78 is 1.20. The van der Waals surface area contributed by atoms with Gasteiger partial charge in [-0.05, 0) is 20.8 Å². The van der Waals surface area contributed by atoms with Crippen molar-refractivity contribution in [2.45, 2.75) is 27.3 Å². The molecule has 1 heteroatoms. The Morgan fingerprint density at radius 2 is 1.31 bits per heavy atom. The zero-order chi connectivity index (χ0) is 12.4. The lowest BCUT2D eigenvalue weighted by molar-refractivity contribution is -0.936. The minimum atomic E-state index is 1.17. The Labute approximate surface area is 101 Å². The molecule has 1 nitrogen and oxygen atoms in total. The number of quaternary nitrogens is 1. The van der Waals surface area contributed by atoms with Crippen LogP contribution in [0.2, 0.25) is 0 Å². The van der Waals surface area contributed by atoms with Crippen molar-refractivity contribution in [1.29, 1.82) is 0 Å². The standard InChI is InChI=1S/C13H22N.C2H4/c1-4-14(5-2,6-3)12-13-10-8-7-9-11-13;1-2/h7-11H,4-6,12H2,1-3H3;1-2H2/q+1;. The van der Waals surface area contributed by atoms with E-state index in [1.807, 2.05) is 0 Å². The SMILES string of the molecule is C=C.CC[N+](CC)(CC)Cc1ccccc1. The van der Waals surface area contributed by atoms with E-state index in [2.05, 4.69) is 64.3 Å². The molecule has 0 aliphatic heterocycles. The van der Waals surface area contributed by atoms with Gasteiger partial charge in [-0.1, -0.05) is 30.3 Å². The molecular formula is C15H26N+. The zero-order valence-corrected chi connectivity index (χ0v) is 11.1. The number of hydrogen-bond donors (Lipinski definition) is 0. The van der Waals surface area contributed by atoms with Crippen LogP contribution in [0.3, 0.4) is 0 Å². The molecule has 0 radical (unpaired) electrons. The van der Waals surface area contributed by atoms with Crippen LogP contribution < -0.4 is 0 Å². The van der Waals surface area contributed by atoms with Crippen LogP contribution in [-0.2, 0) is 6.54 Å². The maximum absolute atomic E-state index is 3.00. The topological polar surface area (TPSA) is 0 Å². The molecule has 0 saturated heterocycles. The van der Waals surface area contributed by atoms with Crippen LogP contribution in [0.15, 0.2) is 43.5 Å². The van der Waals surface area contributed by atoms with Crippen molar-refractivity contribution >= 4 is 0 Å². The van der Waals surface area contributed by atoms with E-state index >= 15 is 0 Å². The van der Waals surface area contributed by atoms with Crippen LogP contribution in [0, 0.1) is 0 Å². The van der Waals surface area contributed by atoms with Crippen molar-refractivity contribution < 1.29 is 4.48 Å². The van der Waals surface area contributed by atoms with Gasteiger partial charge in [0.25, 0.3) is 0 Å². The lowest BCUT2D eigenvalue weighted by Crippen LogP contribution is -2.46. The van der Waals surface area contributed by atoms with Gasteiger partial charge >= 0.3 is 0 Å². The minimum absolute atomic E-state index is 1.17. The summed E-state index contributed by atoms with van der Waals surface area (Å²) in [6.45, 7) is 17.7. The first-order chi connectivity index (χ1) is 7.76. The van der Waals surface area contributed by atoms with Crippen molar-refractivity contribution in [3.63, 3.8) is 0 Å². The number of nitrogens with zero attached hydrogens (tertiary/aromatic N) is 1. The summed E-state index contributed by atoms with van der Waals surface area (Å²) in [5, 5.41) is 0. The van der Waals surface area contributed by atoms with E-state index in [9.17, 15) is 0 Å². The lowest BCUT2D eigenvalue weighted by Gasteiger charge is -2.35. The summed E-state index contributed by atoms with van der Waals surface area (Å²) in [4.78, 5) is 0. The highest BCUT2D eigenvalue weighted by Gasteiger charge is 2.20. The van der Waals surface area contributed by atoms with Crippen LogP contribution in [0.5, 0.6) is 0 Å². The first kappa shape index (κ1) is 14.9. The van der Waals surface area contributed by atoms with Crippen LogP contribution in [-0.4, -0.2) is 24.1 Å². The zero-order valence-electron chi connectivity index (χ0n) is 11.1. The van der Waals surface area contributed by atoms with Crippen molar-refractivity contribution in [2.75, 3.05) is 19.6 Å². The van der Waals surface area contributed by atoms with Crippen molar-refractivity contribution in [2.24, 2.45) is 0 Å². The average molecular weight is 220 g/mol. The molecule has 0 saturated carbocycles. The van der Waals surface area contributed by atoms with Crippen molar-refractivity contribution in [1.82, 2.24) is 0 Å². The van der Waals surface area contributed by atoms with Crippen LogP contribution in [0.1, 0.15) is 26.3 Å². The number of benzene rings is 1. The van der Waals surface area contributed by atoms with Gasteiger partial charge in [-0.2, -0.15) is 0 Å². The third-order valence-corrected chi connectivity index (χ3v) is 3.37. The predicted molar refractivity (Wildman–Crippen MR) is 73.3 cm³/mol. The number of rotatable bonds is 5. The third kappa shape index (κ3) is 4.19. The molecule has 90 valence electrons. The summed E-state index contributed by atoms with van der Waals surface area (Å²) in [5.74, 6) is 0. The van der Waals surface area contributed by atoms with E-state index in [1.54, 1.807) is 0 Å². The Morgan fingerprint density at radius 1 is 0.875 bits per heavy atom. The predicted octanol–water partition coefficient (Wildman–Crippen LogP) is 3.87. The lowest BCUT2D eigenvalue weighted by atomic mass is 10.2. The molecule has 1 aromatic carbocycles. The molecule has 0 unspecified atom stereocenters. The molecule has 0 aromatic heterocycles. The minimum Gasteiger partial charge on any atom is -0.321 e. The molecule has 0 atom stereocenters. The molecule has 0 fully saturated rings. The molecule has 16 heavy (non-hydrogen) atoms. The smallest absolute Gasteiger partial charge is 0.104 e. The fraction of sp³-hybridized carbons (Fsp3) is 0.467. The van der Waals surface area contributed by atoms with Gasteiger partial charge in [-0.25, -0.2) is 0 Å². The Kier molecular flexibility index (Phi) is 7.57. The van der Waals surface area contributed by atoms with E-state index < -0.39 is 0 Å². The summed E-state index contributed by atoms with van der Waals surface area (Å²) in [6.07, 6.45) is 0. The maximum atomic E-state index is 3.00. The van der Waals surface area contributed by atoms with Gasteiger partial charge in [-0.15, -0.1) is 13.2 Å². The average Bonchev–Trinajstić information content (AvgIpc) is 2.40. The van der Waals surface area contributed by atoms with E-state index in [1.165, 1.54) is 36.2 Å². The fourth-order valence-corrected chi connectivity index (χ4v) is 1.98. The highest BCUT2D eigenvalue weighted by Crippen LogP contribution is 2.13. The molecule has 0 N–H and O–H groups in total. The second kappa shape index (κ2) is 8.12. The molecule has 0 bridgehead atoms. The summed E-state index contributed by atoms with van der Waals surface area (Å²) in [5.41, 5.74) is 1.46. The van der Waals surface area contributed by atoms with E-state index in [0.29, 0.717) is 0 Å². The highest BCUT2D eigenvalue weighted by molar-refractivity contribution is 5.13. The van der Waals surface area contributed by atoms with Gasteiger partial charge in [0, 0.05) is 5.56 Å². The Balaban J connectivity index is 0.00000106. The molecule has 0 amide bonds. The fourth-order valence-electron chi connectivity index (χ4n) is 1.98. The second-order valence-electron chi connectivity index (χ2n) is 3.93. The Morgan fingerprint density at radius 3 is 1.69 bits per heavy atom. The first-order valence-electron chi connectivity index (χ1n) is 6.15. The van der Waals surface area contributed by atoms with Gasteiger partial charge in [0.15, 0.2) is 0 Å². The van der Waals surface area contributed by atoms with Crippen LogP contribution >= 0.6 is 0 Å². The monoisotopic (exact) mass is 220 g/mol. The van der Waals surface area contributed by atoms with E-state index in [0.717, 1.165) is 0 Å². The second-order valence-corrected chi connectivity index (χ2v) is 3.93. The molecular weight excluding hydrogens is 194 g/mol. The molecule has 0 aliphatic carbocycles. The van der Waals surface area contributed by atoms with E-state index in [-0.39, 0.29) is 0 Å². The summed E-state index contributed by atoms with van der Waals surface area (Å²) in [7, 11) is 0.